The molecular formula is C36H53N5O7. The quantitative estimate of drug-likeness (QED) is 0.0673. The summed E-state index contributed by atoms with van der Waals surface area (Å²) in [6.07, 6.45) is 5.34. The van der Waals surface area contributed by atoms with Gasteiger partial charge in [0.15, 0.2) is 5.84 Å². The maximum absolute atomic E-state index is 12.7. The van der Waals surface area contributed by atoms with E-state index in [0.717, 1.165) is 50.4 Å². The number of benzene rings is 2. The van der Waals surface area contributed by atoms with Crippen LogP contribution in [0, 0.1) is 11.8 Å². The van der Waals surface area contributed by atoms with Gasteiger partial charge in [-0.3, -0.25) is 4.79 Å². The van der Waals surface area contributed by atoms with Crippen molar-refractivity contribution in [1.82, 2.24) is 10.2 Å². The number of carbonyl (C=O) groups excluding carboxylic acids is 3. The Bertz CT molecular complexity index is 1330. The number of likely N-dealkylation sites (tertiary alicyclic amines) is 1. The number of amides is 2. The van der Waals surface area contributed by atoms with Crippen molar-refractivity contribution in [3.63, 3.8) is 0 Å². The molecule has 2 amide bonds. The van der Waals surface area contributed by atoms with E-state index in [9.17, 15) is 14.4 Å². The Morgan fingerprint density at radius 2 is 1.48 bits per heavy atom. The van der Waals surface area contributed by atoms with Crippen LogP contribution in [0.2, 0.25) is 0 Å². The number of ether oxygens (including phenoxy) is 3. The van der Waals surface area contributed by atoms with Crippen LogP contribution in [0.3, 0.4) is 0 Å². The van der Waals surface area contributed by atoms with Gasteiger partial charge in [0.1, 0.15) is 23.1 Å². The standard InChI is InChI=1S/C36H53N5O7/c1-6-25(2)31(39-35(44)47-36(3,4)5)34(43)48-40-32(37)27-10-14-29(15-11-27)45-23-7-9-26-18-21-41(22-19-26)20-8-24-46-30-16-12-28(13-17-30)33(38)42/h10-17,25-26,31H,6-9,18-24H2,1-5H3,(H2,37,40)(H2,38,42)(H,39,44)/t25-,31-/m0/s1. The molecule has 0 spiro atoms. The summed E-state index contributed by atoms with van der Waals surface area (Å²) in [5.74, 6) is 0.837. The van der Waals surface area contributed by atoms with Crippen LogP contribution in [-0.4, -0.2) is 73.2 Å². The molecule has 48 heavy (non-hydrogen) atoms. The van der Waals surface area contributed by atoms with Crippen LogP contribution in [0.25, 0.3) is 0 Å². The van der Waals surface area contributed by atoms with Crippen molar-refractivity contribution in [3.8, 4) is 11.5 Å². The third kappa shape index (κ3) is 13.4. The highest BCUT2D eigenvalue weighted by Gasteiger charge is 2.30. The van der Waals surface area contributed by atoms with Gasteiger partial charge < -0.3 is 40.7 Å². The largest absolute Gasteiger partial charge is 0.494 e. The lowest BCUT2D eigenvalue weighted by atomic mass is 9.92. The number of piperidine rings is 1. The van der Waals surface area contributed by atoms with E-state index in [2.05, 4.69) is 15.4 Å². The molecule has 1 heterocycles. The van der Waals surface area contributed by atoms with Crippen LogP contribution in [0.4, 0.5) is 4.79 Å². The summed E-state index contributed by atoms with van der Waals surface area (Å²) in [4.78, 5) is 43.8. The third-order valence-electron chi connectivity index (χ3n) is 8.28. The molecule has 1 aliphatic heterocycles. The number of alkyl carbamates (subject to hydrolysis) is 1. The second kappa shape index (κ2) is 18.9. The van der Waals surface area contributed by atoms with E-state index in [4.69, 9.17) is 30.5 Å². The lowest BCUT2D eigenvalue weighted by Crippen LogP contribution is -2.47. The molecule has 0 aliphatic carbocycles. The minimum absolute atomic E-state index is 0.0327. The van der Waals surface area contributed by atoms with Gasteiger partial charge in [-0.2, -0.15) is 0 Å². The van der Waals surface area contributed by atoms with Crippen LogP contribution < -0.4 is 26.3 Å². The van der Waals surface area contributed by atoms with Gasteiger partial charge in [-0.15, -0.1) is 0 Å². The molecule has 0 aromatic heterocycles. The molecule has 12 nitrogen and oxygen atoms in total. The molecule has 0 radical (unpaired) electrons. The van der Waals surface area contributed by atoms with E-state index in [1.807, 2.05) is 26.0 Å². The van der Waals surface area contributed by atoms with Crippen molar-refractivity contribution < 1.29 is 33.4 Å². The monoisotopic (exact) mass is 667 g/mol. The van der Waals surface area contributed by atoms with Gasteiger partial charge in [-0.05, 0) is 126 Å². The predicted octanol–water partition coefficient (Wildman–Crippen LogP) is 5.23. The topological polar surface area (TPSA) is 168 Å². The van der Waals surface area contributed by atoms with Gasteiger partial charge in [0, 0.05) is 17.7 Å². The summed E-state index contributed by atoms with van der Waals surface area (Å²) in [7, 11) is 0. The number of carbonyl (C=O) groups is 3. The first-order valence-corrected chi connectivity index (χ1v) is 16.9. The molecule has 2 aromatic carbocycles. The Morgan fingerprint density at radius 3 is 2.02 bits per heavy atom. The highest BCUT2D eigenvalue weighted by Crippen LogP contribution is 2.23. The van der Waals surface area contributed by atoms with Crippen molar-refractivity contribution in [2.75, 3.05) is 32.8 Å². The normalized spacial score (nSPS) is 15.6. The predicted molar refractivity (Wildman–Crippen MR) is 185 cm³/mol. The third-order valence-corrected chi connectivity index (χ3v) is 8.28. The van der Waals surface area contributed by atoms with Gasteiger partial charge in [0.05, 0.1) is 13.2 Å². The lowest BCUT2D eigenvalue weighted by molar-refractivity contribution is -0.147. The number of nitrogens with two attached hydrogens (primary N) is 2. The maximum Gasteiger partial charge on any atom is 0.408 e. The van der Waals surface area contributed by atoms with Crippen molar-refractivity contribution in [2.24, 2.45) is 28.5 Å². The zero-order valence-electron chi connectivity index (χ0n) is 29.0. The zero-order valence-corrected chi connectivity index (χ0v) is 29.0. The van der Waals surface area contributed by atoms with E-state index in [0.29, 0.717) is 36.7 Å². The fourth-order valence-electron chi connectivity index (χ4n) is 5.28. The van der Waals surface area contributed by atoms with Crippen LogP contribution >= 0.6 is 0 Å². The second-order valence-corrected chi connectivity index (χ2v) is 13.3. The number of hydrogen-bond acceptors (Lipinski definition) is 9. The Labute approximate surface area is 284 Å². The molecule has 1 fully saturated rings. The molecule has 5 N–H and O–H groups in total. The lowest BCUT2D eigenvalue weighted by Gasteiger charge is -2.32. The first-order chi connectivity index (χ1) is 22.8. The molecule has 2 aromatic rings. The summed E-state index contributed by atoms with van der Waals surface area (Å²) in [5.41, 5.74) is 11.7. The van der Waals surface area contributed by atoms with E-state index in [-0.39, 0.29) is 11.8 Å². The first-order valence-electron chi connectivity index (χ1n) is 16.9. The molecule has 0 bridgehead atoms. The van der Waals surface area contributed by atoms with Crippen molar-refractivity contribution in [3.05, 3.63) is 59.7 Å². The van der Waals surface area contributed by atoms with Crippen LogP contribution in [0.15, 0.2) is 53.7 Å². The van der Waals surface area contributed by atoms with Crippen molar-refractivity contribution >= 4 is 23.8 Å². The molecule has 0 unspecified atom stereocenters. The zero-order chi connectivity index (χ0) is 35.1. The van der Waals surface area contributed by atoms with E-state index in [1.165, 1.54) is 12.8 Å². The van der Waals surface area contributed by atoms with Gasteiger partial charge in [-0.1, -0.05) is 25.4 Å². The number of hydrogen-bond donors (Lipinski definition) is 3. The molecule has 3 rings (SSSR count). The minimum Gasteiger partial charge on any atom is -0.494 e. The Kier molecular flexibility index (Phi) is 15.0. The average Bonchev–Trinajstić information content (AvgIpc) is 3.06. The fraction of sp³-hybridized carbons (Fsp3) is 0.556. The first kappa shape index (κ1) is 38.1. The van der Waals surface area contributed by atoms with E-state index < -0.39 is 29.6 Å². The number of nitrogens with zero attached hydrogens (tertiary/aromatic N) is 2. The summed E-state index contributed by atoms with van der Waals surface area (Å²) in [6, 6.07) is 13.1. The molecule has 0 saturated carbocycles. The average molecular weight is 668 g/mol. The van der Waals surface area contributed by atoms with Crippen LogP contribution in [-0.2, 0) is 14.4 Å². The van der Waals surface area contributed by atoms with Gasteiger partial charge in [0.2, 0.25) is 5.91 Å². The number of oxime groups is 1. The summed E-state index contributed by atoms with van der Waals surface area (Å²) in [5, 5.41) is 6.39. The molecule has 2 atom stereocenters. The number of rotatable bonds is 17. The van der Waals surface area contributed by atoms with Gasteiger partial charge in [-0.25, -0.2) is 9.59 Å². The van der Waals surface area contributed by atoms with Crippen LogP contribution in [0.5, 0.6) is 11.5 Å². The van der Waals surface area contributed by atoms with Gasteiger partial charge >= 0.3 is 12.1 Å². The van der Waals surface area contributed by atoms with Crippen molar-refractivity contribution in [2.45, 2.75) is 84.8 Å². The highest BCUT2D eigenvalue weighted by atomic mass is 16.7. The molecule has 1 saturated heterocycles. The number of nitrogens with one attached hydrogen (secondary N) is 1. The second-order valence-electron chi connectivity index (χ2n) is 13.3. The molecule has 264 valence electrons. The van der Waals surface area contributed by atoms with E-state index in [1.54, 1.807) is 57.2 Å². The molecular weight excluding hydrogens is 614 g/mol. The SMILES string of the molecule is CC[C@H](C)[C@H](NC(=O)OC(C)(C)C)C(=O)ON=C(N)c1ccc(OCCCC2CCN(CCCOc3ccc(C(N)=O)cc3)CC2)cc1. The number of amidine groups is 1. The highest BCUT2D eigenvalue weighted by molar-refractivity contribution is 5.97. The van der Waals surface area contributed by atoms with Crippen LogP contribution in [0.1, 0.15) is 89.1 Å². The Hall–Kier alpha value is -4.32. The summed E-state index contributed by atoms with van der Waals surface area (Å²) in [6.45, 7) is 13.4. The number of primary amides is 1. The Balaban J connectivity index is 1.31. The maximum atomic E-state index is 12.7. The van der Waals surface area contributed by atoms with E-state index >= 15 is 0 Å². The van der Waals surface area contributed by atoms with Gasteiger partial charge in [0.25, 0.3) is 0 Å². The smallest absolute Gasteiger partial charge is 0.408 e. The summed E-state index contributed by atoms with van der Waals surface area (Å²) < 4.78 is 17.0. The molecule has 12 heteroatoms. The summed E-state index contributed by atoms with van der Waals surface area (Å²) >= 11 is 0. The molecule has 1 aliphatic rings. The fourth-order valence-corrected chi connectivity index (χ4v) is 5.28. The Morgan fingerprint density at radius 1 is 0.917 bits per heavy atom. The van der Waals surface area contributed by atoms with Crippen molar-refractivity contribution in [1.29, 1.82) is 0 Å². The minimum atomic E-state index is -0.933.